The van der Waals surface area contributed by atoms with Crippen LogP contribution < -0.4 is 56.6 Å². The molecule has 0 aliphatic heterocycles. The van der Waals surface area contributed by atoms with Crippen LogP contribution in [-0.2, 0) is 5.60 Å². The Morgan fingerprint density at radius 3 is 1.13 bits per heavy atom. The van der Waals surface area contributed by atoms with Crippen LogP contribution in [0.1, 0.15) is 29.3 Å². The van der Waals surface area contributed by atoms with Crippen molar-refractivity contribution in [3.8, 4) is 0 Å². The minimum absolute atomic E-state index is 0. The van der Waals surface area contributed by atoms with Gasteiger partial charge >= 0.3 is 56.6 Å². The van der Waals surface area contributed by atoms with E-state index in [2.05, 4.69) is 18.2 Å². The molecule has 0 aliphatic carbocycles. The van der Waals surface area contributed by atoms with E-state index in [0.717, 1.165) is 29.3 Å². The van der Waals surface area contributed by atoms with Gasteiger partial charge in [-0.2, -0.15) is 0 Å². The maximum Gasteiger partial charge on any atom is 1.00 e. The van der Waals surface area contributed by atoms with Crippen LogP contribution in [0.25, 0.3) is 0 Å². The monoisotopic (exact) mass is 338 g/mol. The van der Waals surface area contributed by atoms with Gasteiger partial charge < -0.3 is 5.11 Å². The van der Waals surface area contributed by atoms with Crippen molar-refractivity contribution in [1.29, 1.82) is 0 Å². The SMILES string of the molecule is Cc1c[c-]c(C(O)(c2[c-]cc(C)s2)c2[c-]cc(C)s2)s1.[Li+].[Li+].[Li+]. The summed E-state index contributed by atoms with van der Waals surface area (Å²) >= 11 is 4.71. The Labute approximate surface area is 186 Å². The van der Waals surface area contributed by atoms with Gasteiger partial charge in [-0.1, -0.05) is 35.4 Å². The zero-order chi connectivity index (χ0) is 14.3. The molecule has 0 bridgehead atoms. The summed E-state index contributed by atoms with van der Waals surface area (Å²) in [7, 11) is 0. The summed E-state index contributed by atoms with van der Waals surface area (Å²) in [6.07, 6.45) is 0. The van der Waals surface area contributed by atoms with Gasteiger partial charge in [0.05, 0.1) is 0 Å². The molecule has 0 aromatic carbocycles. The second-order valence-electron chi connectivity index (χ2n) is 4.70. The third-order valence-electron chi connectivity index (χ3n) is 2.99. The van der Waals surface area contributed by atoms with Crippen molar-refractivity contribution in [2.45, 2.75) is 26.4 Å². The Morgan fingerprint density at radius 2 is 0.957 bits per heavy atom. The second-order valence-corrected chi connectivity index (χ2v) is 8.47. The van der Waals surface area contributed by atoms with E-state index in [0.29, 0.717) is 0 Å². The molecule has 0 saturated carbocycles. The van der Waals surface area contributed by atoms with Gasteiger partial charge in [0, 0.05) is 0 Å². The molecule has 3 aromatic rings. The number of hydrogen-bond donors (Lipinski definition) is 1. The van der Waals surface area contributed by atoms with Crippen molar-refractivity contribution < 1.29 is 61.7 Å². The second kappa shape index (κ2) is 9.52. The van der Waals surface area contributed by atoms with Gasteiger partial charge in [0.1, 0.15) is 5.60 Å². The molecule has 0 atom stereocenters. The molecule has 3 aromatic heterocycles. The number of aryl methyl sites for hydroxylation is 3. The Kier molecular flexibility index (Phi) is 9.88. The number of rotatable bonds is 3. The van der Waals surface area contributed by atoms with Crippen molar-refractivity contribution in [2.24, 2.45) is 0 Å². The third kappa shape index (κ3) is 4.73. The summed E-state index contributed by atoms with van der Waals surface area (Å²) in [6, 6.07) is 15.4. The summed E-state index contributed by atoms with van der Waals surface area (Å²) in [4.78, 5) is 5.85. The fourth-order valence-corrected chi connectivity index (χ4v) is 4.93. The Balaban J connectivity index is 0.00000161. The smallest absolute Gasteiger partial charge is 0.379 e. The summed E-state index contributed by atoms with van der Waals surface area (Å²) in [6.45, 7) is 6.08. The first-order chi connectivity index (χ1) is 9.50. The predicted molar refractivity (Wildman–Crippen MR) is 85.8 cm³/mol. The molecule has 0 aliphatic rings. The minimum atomic E-state index is -1.17. The first-order valence-electron chi connectivity index (χ1n) is 6.18. The molecule has 1 N–H and O–H groups in total. The minimum Gasteiger partial charge on any atom is -0.379 e. The number of aliphatic hydroxyl groups is 1. The first-order valence-corrected chi connectivity index (χ1v) is 8.63. The van der Waals surface area contributed by atoms with Crippen LogP contribution in [0, 0.1) is 39.0 Å². The molecular weight excluding hydrogens is 325 g/mol. The molecule has 0 fully saturated rings. The summed E-state index contributed by atoms with van der Waals surface area (Å²) < 4.78 is 0. The molecule has 104 valence electrons. The van der Waals surface area contributed by atoms with Crippen LogP contribution in [0.2, 0.25) is 0 Å². The van der Waals surface area contributed by atoms with Crippen LogP contribution in [0.4, 0.5) is 0 Å². The average Bonchev–Trinajstić information content (AvgIpc) is 3.10. The van der Waals surface area contributed by atoms with Crippen LogP contribution in [-0.4, -0.2) is 5.11 Å². The third-order valence-corrected chi connectivity index (χ3v) is 6.17. The largest absolute Gasteiger partial charge is 1.00 e. The van der Waals surface area contributed by atoms with Crippen molar-refractivity contribution in [3.05, 3.63) is 65.7 Å². The quantitative estimate of drug-likeness (QED) is 0.377. The molecular formula is C16H13Li3OS3. The number of thiophene rings is 3. The predicted octanol–water partition coefficient (Wildman–Crippen LogP) is -4.51. The van der Waals surface area contributed by atoms with Crippen LogP contribution >= 0.6 is 34.0 Å². The van der Waals surface area contributed by atoms with E-state index in [1.165, 1.54) is 0 Å². The van der Waals surface area contributed by atoms with E-state index < -0.39 is 5.60 Å². The Hall–Kier alpha value is 0.852. The Bertz CT molecular complexity index is 647. The number of hydrogen-bond acceptors (Lipinski definition) is 4. The van der Waals surface area contributed by atoms with Crippen LogP contribution in [0.5, 0.6) is 0 Å². The first kappa shape index (κ1) is 23.9. The van der Waals surface area contributed by atoms with Gasteiger partial charge in [-0.3, -0.25) is 34.0 Å². The van der Waals surface area contributed by atoms with Crippen molar-refractivity contribution in [2.75, 3.05) is 0 Å². The molecule has 0 unspecified atom stereocenters. The zero-order valence-corrected chi connectivity index (χ0v) is 16.9. The maximum atomic E-state index is 11.4. The summed E-state index contributed by atoms with van der Waals surface area (Å²) in [5, 5.41) is 11.4. The van der Waals surface area contributed by atoms with Gasteiger partial charge in [-0.15, -0.1) is 14.6 Å². The molecule has 3 heterocycles. The average molecular weight is 338 g/mol. The van der Waals surface area contributed by atoms with Gasteiger partial charge in [0.25, 0.3) is 0 Å². The molecule has 23 heavy (non-hydrogen) atoms. The molecule has 3 rings (SSSR count). The van der Waals surface area contributed by atoms with E-state index in [9.17, 15) is 5.11 Å². The van der Waals surface area contributed by atoms with Crippen molar-refractivity contribution in [1.82, 2.24) is 0 Å². The fraction of sp³-hybridized carbons (Fsp3) is 0.250. The van der Waals surface area contributed by atoms with E-state index in [-0.39, 0.29) is 56.6 Å². The molecule has 0 saturated heterocycles. The Morgan fingerprint density at radius 1 is 0.696 bits per heavy atom. The van der Waals surface area contributed by atoms with Crippen LogP contribution in [0.15, 0.2) is 18.2 Å². The van der Waals surface area contributed by atoms with E-state index in [4.69, 9.17) is 0 Å². The summed E-state index contributed by atoms with van der Waals surface area (Å²) in [5.41, 5.74) is -1.17. The molecule has 0 radical (unpaired) electrons. The summed E-state index contributed by atoms with van der Waals surface area (Å²) in [5.74, 6) is 0. The van der Waals surface area contributed by atoms with Gasteiger partial charge in [0.15, 0.2) is 0 Å². The normalized spacial score (nSPS) is 10.4. The van der Waals surface area contributed by atoms with E-state index >= 15 is 0 Å². The van der Waals surface area contributed by atoms with Gasteiger partial charge in [-0.25, -0.2) is 36.4 Å². The molecule has 0 spiro atoms. The zero-order valence-electron chi connectivity index (χ0n) is 14.4. The van der Waals surface area contributed by atoms with Gasteiger partial charge in [0.2, 0.25) is 0 Å². The van der Waals surface area contributed by atoms with Crippen molar-refractivity contribution >= 4 is 34.0 Å². The van der Waals surface area contributed by atoms with E-state index in [1.54, 1.807) is 34.0 Å². The maximum absolute atomic E-state index is 11.4. The molecule has 7 heteroatoms. The van der Waals surface area contributed by atoms with E-state index in [1.807, 2.05) is 39.0 Å². The molecule has 0 amide bonds. The standard InChI is InChI=1S/C16H13OS3.3Li/c1-10-4-7-13(18-10)16(17,14-8-5-11(2)19-14)15-9-6-12(3)20-15;;;/h4-6,17H,1-3H3;;;/q-3;3*+1. The topological polar surface area (TPSA) is 20.2 Å². The molecule has 1 nitrogen and oxygen atoms in total. The fourth-order valence-electron chi connectivity index (χ4n) is 2.01. The van der Waals surface area contributed by atoms with Gasteiger partial charge in [-0.05, 0) is 0 Å². The van der Waals surface area contributed by atoms with Crippen molar-refractivity contribution in [3.63, 3.8) is 0 Å². The van der Waals surface area contributed by atoms with Crippen LogP contribution in [0.3, 0.4) is 0 Å².